The van der Waals surface area contributed by atoms with E-state index in [0.29, 0.717) is 45.2 Å². The smallest absolute Gasteiger partial charge is 0.310 e. The Morgan fingerprint density at radius 1 is 1.24 bits per heavy atom. The maximum atomic E-state index is 12.8. The number of hydrogen-bond donors (Lipinski definition) is 1. The van der Waals surface area contributed by atoms with Crippen LogP contribution in [0.5, 0.6) is 0 Å². The first-order valence-corrected chi connectivity index (χ1v) is 9.07. The standard InChI is InChI=1S/C14H25NO5S/c1-14(17)7-4-9-15(10-8-14)21(18,19)12-6-3-5-11(12)13(16)20-2/h11-12,17H,3-10H2,1-2H3. The highest BCUT2D eigenvalue weighted by Gasteiger charge is 2.45. The normalized spacial score (nSPS) is 35.4. The fourth-order valence-electron chi connectivity index (χ4n) is 3.39. The molecule has 0 aromatic carbocycles. The molecular weight excluding hydrogens is 294 g/mol. The molecule has 2 aliphatic rings. The maximum absolute atomic E-state index is 12.8. The number of nitrogens with zero attached hydrogens (tertiary/aromatic N) is 1. The number of rotatable bonds is 3. The van der Waals surface area contributed by atoms with Crippen LogP contribution in [0.4, 0.5) is 0 Å². The number of carbonyl (C=O) groups excluding carboxylic acids is 1. The van der Waals surface area contributed by atoms with Gasteiger partial charge in [0.15, 0.2) is 0 Å². The van der Waals surface area contributed by atoms with Gasteiger partial charge in [-0.3, -0.25) is 4.79 Å². The van der Waals surface area contributed by atoms with Crippen molar-refractivity contribution >= 4 is 16.0 Å². The number of ether oxygens (including phenoxy) is 1. The van der Waals surface area contributed by atoms with Crippen molar-refractivity contribution in [2.75, 3.05) is 20.2 Å². The molecule has 2 rings (SSSR count). The Labute approximate surface area is 126 Å². The van der Waals surface area contributed by atoms with Crippen LogP contribution in [-0.2, 0) is 19.6 Å². The van der Waals surface area contributed by atoms with E-state index in [1.165, 1.54) is 11.4 Å². The van der Waals surface area contributed by atoms with Crippen molar-refractivity contribution in [3.8, 4) is 0 Å². The molecule has 1 N–H and O–H groups in total. The summed E-state index contributed by atoms with van der Waals surface area (Å²) in [7, 11) is -2.22. The zero-order valence-corrected chi connectivity index (χ0v) is 13.6. The van der Waals surface area contributed by atoms with Gasteiger partial charge in [-0.25, -0.2) is 12.7 Å². The summed E-state index contributed by atoms with van der Waals surface area (Å²) in [4.78, 5) is 11.8. The van der Waals surface area contributed by atoms with Gasteiger partial charge in [0.25, 0.3) is 0 Å². The molecule has 0 bridgehead atoms. The lowest BCUT2D eigenvalue weighted by Gasteiger charge is -2.27. The summed E-state index contributed by atoms with van der Waals surface area (Å²) < 4.78 is 31.8. The van der Waals surface area contributed by atoms with Crippen molar-refractivity contribution in [3.63, 3.8) is 0 Å². The minimum atomic E-state index is -3.52. The Morgan fingerprint density at radius 2 is 1.95 bits per heavy atom. The molecule has 122 valence electrons. The third kappa shape index (κ3) is 3.57. The number of sulfonamides is 1. The SMILES string of the molecule is COC(=O)C1CCCC1S(=O)(=O)N1CCCC(C)(O)CC1. The van der Waals surface area contributed by atoms with Gasteiger partial charge in [0.05, 0.1) is 23.9 Å². The lowest BCUT2D eigenvalue weighted by atomic mass is 9.98. The maximum Gasteiger partial charge on any atom is 0.310 e. The minimum absolute atomic E-state index is 0.319. The number of aliphatic hydroxyl groups is 1. The van der Waals surface area contributed by atoms with Gasteiger partial charge >= 0.3 is 5.97 Å². The Balaban J connectivity index is 2.15. The van der Waals surface area contributed by atoms with E-state index in [1.54, 1.807) is 6.92 Å². The molecule has 2 fully saturated rings. The van der Waals surface area contributed by atoms with E-state index in [-0.39, 0.29) is 0 Å². The fraction of sp³-hybridized carbons (Fsp3) is 0.929. The average molecular weight is 319 g/mol. The van der Waals surface area contributed by atoms with E-state index in [2.05, 4.69) is 0 Å². The second-order valence-electron chi connectivity index (χ2n) is 6.39. The van der Waals surface area contributed by atoms with E-state index in [1.807, 2.05) is 0 Å². The largest absolute Gasteiger partial charge is 0.469 e. The van der Waals surface area contributed by atoms with Gasteiger partial charge in [-0.05, 0) is 39.0 Å². The highest BCUT2D eigenvalue weighted by Crippen LogP contribution is 2.35. The van der Waals surface area contributed by atoms with Crippen LogP contribution in [0.1, 0.15) is 45.4 Å². The van der Waals surface area contributed by atoms with Crippen molar-refractivity contribution in [2.45, 2.75) is 56.3 Å². The molecule has 0 aromatic heterocycles. The molecule has 1 heterocycles. The van der Waals surface area contributed by atoms with Crippen LogP contribution in [0.25, 0.3) is 0 Å². The second kappa shape index (κ2) is 6.22. The predicted octanol–water partition coefficient (Wildman–Crippen LogP) is 0.895. The van der Waals surface area contributed by atoms with Gasteiger partial charge in [-0.1, -0.05) is 6.42 Å². The molecule has 3 atom stereocenters. The molecule has 21 heavy (non-hydrogen) atoms. The summed E-state index contributed by atoms with van der Waals surface area (Å²) in [6, 6.07) is 0. The molecule has 6 nitrogen and oxygen atoms in total. The van der Waals surface area contributed by atoms with Crippen LogP contribution < -0.4 is 0 Å². The molecule has 0 aromatic rings. The molecule has 1 aliphatic heterocycles. The molecule has 1 aliphatic carbocycles. The van der Waals surface area contributed by atoms with Crippen molar-refractivity contribution in [3.05, 3.63) is 0 Å². The van der Waals surface area contributed by atoms with Gasteiger partial charge in [0.2, 0.25) is 10.0 Å². The lowest BCUT2D eigenvalue weighted by Crippen LogP contribution is -2.43. The summed E-state index contributed by atoms with van der Waals surface area (Å²) in [6.07, 6.45) is 3.49. The Morgan fingerprint density at radius 3 is 2.62 bits per heavy atom. The van der Waals surface area contributed by atoms with Gasteiger partial charge in [-0.15, -0.1) is 0 Å². The zero-order valence-electron chi connectivity index (χ0n) is 12.7. The lowest BCUT2D eigenvalue weighted by molar-refractivity contribution is -0.145. The van der Waals surface area contributed by atoms with Crippen LogP contribution in [0.15, 0.2) is 0 Å². The molecule has 1 saturated carbocycles. The Hall–Kier alpha value is -0.660. The molecule has 3 unspecified atom stereocenters. The van der Waals surface area contributed by atoms with Crippen molar-refractivity contribution in [1.29, 1.82) is 0 Å². The van der Waals surface area contributed by atoms with Gasteiger partial charge in [-0.2, -0.15) is 0 Å². The van der Waals surface area contributed by atoms with E-state index < -0.39 is 32.8 Å². The number of methoxy groups -OCH3 is 1. The van der Waals surface area contributed by atoms with E-state index in [9.17, 15) is 18.3 Å². The van der Waals surface area contributed by atoms with E-state index in [0.717, 1.165) is 6.42 Å². The zero-order chi connectivity index (χ0) is 15.7. The van der Waals surface area contributed by atoms with E-state index in [4.69, 9.17) is 4.74 Å². The average Bonchev–Trinajstić information content (AvgIpc) is 2.84. The third-order valence-corrected chi connectivity index (χ3v) is 7.14. The third-order valence-electron chi connectivity index (χ3n) is 4.72. The highest BCUT2D eigenvalue weighted by atomic mass is 32.2. The van der Waals surface area contributed by atoms with Crippen LogP contribution in [0.2, 0.25) is 0 Å². The second-order valence-corrected chi connectivity index (χ2v) is 8.55. The Bertz CT molecular complexity index is 488. The molecule has 0 spiro atoms. The van der Waals surface area contributed by atoms with Crippen LogP contribution in [-0.4, -0.2) is 54.8 Å². The van der Waals surface area contributed by atoms with Crippen molar-refractivity contribution < 1.29 is 23.1 Å². The predicted molar refractivity (Wildman–Crippen MR) is 78.1 cm³/mol. The first-order valence-electron chi connectivity index (χ1n) is 7.57. The van der Waals surface area contributed by atoms with Crippen molar-refractivity contribution in [1.82, 2.24) is 4.31 Å². The van der Waals surface area contributed by atoms with Crippen molar-refractivity contribution in [2.24, 2.45) is 5.92 Å². The van der Waals surface area contributed by atoms with Crippen LogP contribution in [0, 0.1) is 5.92 Å². The highest BCUT2D eigenvalue weighted by molar-refractivity contribution is 7.89. The fourth-order valence-corrected chi connectivity index (χ4v) is 5.63. The molecule has 0 amide bonds. The summed E-state index contributed by atoms with van der Waals surface area (Å²) in [5.41, 5.74) is -0.804. The van der Waals surface area contributed by atoms with Gasteiger partial charge in [0, 0.05) is 13.1 Å². The minimum Gasteiger partial charge on any atom is -0.469 e. The van der Waals surface area contributed by atoms with E-state index >= 15 is 0 Å². The molecule has 0 radical (unpaired) electrons. The van der Waals surface area contributed by atoms with Crippen LogP contribution >= 0.6 is 0 Å². The Kier molecular flexibility index (Phi) is 4.95. The summed E-state index contributed by atoms with van der Waals surface area (Å²) in [5, 5.41) is 9.41. The quantitative estimate of drug-likeness (QED) is 0.781. The molecule has 1 saturated heterocycles. The van der Waals surface area contributed by atoms with Gasteiger partial charge < -0.3 is 9.84 Å². The number of carbonyl (C=O) groups is 1. The summed E-state index contributed by atoms with van der Waals surface area (Å²) in [6.45, 7) is 2.48. The van der Waals surface area contributed by atoms with Gasteiger partial charge in [0.1, 0.15) is 0 Å². The van der Waals surface area contributed by atoms with Crippen LogP contribution in [0.3, 0.4) is 0 Å². The molecule has 7 heteroatoms. The monoisotopic (exact) mass is 319 g/mol. The summed E-state index contributed by atoms with van der Waals surface area (Å²) >= 11 is 0. The topological polar surface area (TPSA) is 83.9 Å². The number of esters is 1. The summed E-state index contributed by atoms with van der Waals surface area (Å²) in [5.74, 6) is -0.980. The number of hydrogen-bond acceptors (Lipinski definition) is 5. The molecular formula is C14H25NO5S. The first-order chi connectivity index (χ1) is 9.78. The first kappa shape index (κ1) is 16.7.